The zero-order chi connectivity index (χ0) is 19.1. The number of piperidine rings is 1. The SMILES string of the molecule is CC(C)C(=O)Nc1cccc(C2CCN(CCCc3ccccc3)CC2)c1. The van der Waals surface area contributed by atoms with Gasteiger partial charge < -0.3 is 10.2 Å². The van der Waals surface area contributed by atoms with Gasteiger partial charge in [0.1, 0.15) is 0 Å². The molecule has 0 aliphatic carbocycles. The fourth-order valence-corrected chi connectivity index (χ4v) is 3.80. The Morgan fingerprint density at radius 3 is 2.52 bits per heavy atom. The van der Waals surface area contributed by atoms with Crippen LogP contribution in [0.15, 0.2) is 54.6 Å². The van der Waals surface area contributed by atoms with E-state index in [0.29, 0.717) is 5.92 Å². The van der Waals surface area contributed by atoms with Gasteiger partial charge in [-0.05, 0) is 74.5 Å². The molecule has 144 valence electrons. The van der Waals surface area contributed by atoms with E-state index in [1.807, 2.05) is 19.9 Å². The molecule has 2 aromatic rings. The van der Waals surface area contributed by atoms with Gasteiger partial charge >= 0.3 is 0 Å². The number of hydrogen-bond donors (Lipinski definition) is 1. The van der Waals surface area contributed by atoms with Gasteiger partial charge in [0.05, 0.1) is 0 Å². The Morgan fingerprint density at radius 2 is 1.81 bits per heavy atom. The number of carbonyl (C=O) groups is 1. The van der Waals surface area contributed by atoms with Crippen molar-refractivity contribution >= 4 is 11.6 Å². The normalized spacial score (nSPS) is 15.8. The number of hydrogen-bond acceptors (Lipinski definition) is 2. The van der Waals surface area contributed by atoms with Crippen LogP contribution in [-0.2, 0) is 11.2 Å². The van der Waals surface area contributed by atoms with E-state index in [1.165, 1.54) is 56.4 Å². The molecule has 0 saturated carbocycles. The highest BCUT2D eigenvalue weighted by molar-refractivity contribution is 5.92. The van der Waals surface area contributed by atoms with Crippen molar-refractivity contribution in [2.75, 3.05) is 25.0 Å². The standard InChI is InChI=1S/C24H32N2O/c1-19(2)24(27)25-23-12-6-11-22(18-23)21-13-16-26(17-14-21)15-7-10-20-8-4-3-5-9-20/h3-6,8-9,11-12,18-19,21H,7,10,13-17H2,1-2H3,(H,25,27). The number of benzene rings is 2. The van der Waals surface area contributed by atoms with E-state index < -0.39 is 0 Å². The van der Waals surface area contributed by atoms with E-state index in [4.69, 9.17) is 0 Å². The lowest BCUT2D eigenvalue weighted by molar-refractivity contribution is -0.118. The van der Waals surface area contributed by atoms with Crippen LogP contribution in [0.5, 0.6) is 0 Å². The van der Waals surface area contributed by atoms with Crippen molar-refractivity contribution in [3.8, 4) is 0 Å². The molecule has 0 unspecified atom stereocenters. The smallest absolute Gasteiger partial charge is 0.226 e. The second-order valence-electron chi connectivity index (χ2n) is 7.97. The summed E-state index contributed by atoms with van der Waals surface area (Å²) in [5, 5.41) is 3.02. The predicted molar refractivity (Wildman–Crippen MR) is 113 cm³/mol. The molecule has 1 aliphatic rings. The molecule has 3 rings (SSSR count). The maximum atomic E-state index is 11.9. The summed E-state index contributed by atoms with van der Waals surface area (Å²) >= 11 is 0. The van der Waals surface area contributed by atoms with Crippen LogP contribution in [0.1, 0.15) is 50.2 Å². The predicted octanol–water partition coefficient (Wildman–Crippen LogP) is 5.09. The second kappa shape index (κ2) is 9.70. The van der Waals surface area contributed by atoms with E-state index in [-0.39, 0.29) is 11.8 Å². The van der Waals surface area contributed by atoms with Crippen molar-refractivity contribution in [2.45, 2.75) is 45.4 Å². The number of carbonyl (C=O) groups excluding carboxylic acids is 1. The summed E-state index contributed by atoms with van der Waals surface area (Å²) in [6.45, 7) is 7.37. The summed E-state index contributed by atoms with van der Waals surface area (Å²) in [6, 6.07) is 19.2. The van der Waals surface area contributed by atoms with E-state index in [1.54, 1.807) is 0 Å². The fourth-order valence-electron chi connectivity index (χ4n) is 3.80. The second-order valence-corrected chi connectivity index (χ2v) is 7.97. The molecule has 0 spiro atoms. The van der Waals surface area contributed by atoms with Crippen molar-refractivity contribution in [3.63, 3.8) is 0 Å². The Hall–Kier alpha value is -2.13. The average Bonchev–Trinajstić information content (AvgIpc) is 2.69. The monoisotopic (exact) mass is 364 g/mol. The molecule has 1 saturated heterocycles. The number of nitrogens with one attached hydrogen (secondary N) is 1. The highest BCUT2D eigenvalue weighted by Crippen LogP contribution is 2.29. The highest BCUT2D eigenvalue weighted by Gasteiger charge is 2.20. The van der Waals surface area contributed by atoms with Gasteiger partial charge in [-0.1, -0.05) is 56.3 Å². The van der Waals surface area contributed by atoms with E-state index in [0.717, 1.165) is 5.69 Å². The molecule has 1 heterocycles. The summed E-state index contributed by atoms with van der Waals surface area (Å²) in [4.78, 5) is 14.5. The van der Waals surface area contributed by atoms with Crippen LogP contribution in [0.3, 0.4) is 0 Å². The van der Waals surface area contributed by atoms with E-state index >= 15 is 0 Å². The Labute approximate surface area is 163 Å². The minimum atomic E-state index is 0.00720. The molecule has 3 heteroatoms. The first-order valence-corrected chi connectivity index (χ1v) is 10.3. The topological polar surface area (TPSA) is 32.3 Å². The van der Waals surface area contributed by atoms with E-state index in [9.17, 15) is 4.79 Å². The van der Waals surface area contributed by atoms with Gasteiger partial charge in [-0.3, -0.25) is 4.79 Å². The number of rotatable bonds is 7. The Morgan fingerprint density at radius 1 is 1.07 bits per heavy atom. The number of nitrogens with zero attached hydrogens (tertiary/aromatic N) is 1. The lowest BCUT2D eigenvalue weighted by Crippen LogP contribution is -2.33. The molecule has 1 amide bonds. The van der Waals surface area contributed by atoms with Crippen LogP contribution >= 0.6 is 0 Å². The quantitative estimate of drug-likeness (QED) is 0.742. The molecule has 0 aromatic heterocycles. The van der Waals surface area contributed by atoms with Crippen LogP contribution in [0.2, 0.25) is 0 Å². The van der Waals surface area contributed by atoms with Crippen LogP contribution in [0.4, 0.5) is 5.69 Å². The third-order valence-electron chi connectivity index (χ3n) is 5.52. The fraction of sp³-hybridized carbons (Fsp3) is 0.458. The first kappa shape index (κ1) is 19.6. The number of aryl methyl sites for hydroxylation is 1. The average molecular weight is 365 g/mol. The molecule has 27 heavy (non-hydrogen) atoms. The van der Waals surface area contributed by atoms with Crippen LogP contribution in [0.25, 0.3) is 0 Å². The Bertz CT molecular complexity index is 718. The molecule has 1 aliphatic heterocycles. The van der Waals surface area contributed by atoms with Crippen LogP contribution < -0.4 is 5.32 Å². The first-order chi connectivity index (χ1) is 13.1. The minimum Gasteiger partial charge on any atom is -0.326 e. The summed E-state index contributed by atoms with van der Waals surface area (Å²) in [7, 11) is 0. The zero-order valence-electron chi connectivity index (χ0n) is 16.7. The van der Waals surface area contributed by atoms with Gasteiger partial charge in [-0.15, -0.1) is 0 Å². The van der Waals surface area contributed by atoms with Gasteiger partial charge in [0.2, 0.25) is 5.91 Å². The van der Waals surface area contributed by atoms with Crippen molar-refractivity contribution in [1.29, 1.82) is 0 Å². The molecule has 3 nitrogen and oxygen atoms in total. The van der Waals surface area contributed by atoms with Gasteiger partial charge in [-0.2, -0.15) is 0 Å². The maximum Gasteiger partial charge on any atom is 0.226 e. The van der Waals surface area contributed by atoms with Gasteiger partial charge in [0.25, 0.3) is 0 Å². The third kappa shape index (κ3) is 5.93. The molecule has 0 bridgehead atoms. The molecule has 0 radical (unpaired) electrons. The lowest BCUT2D eigenvalue weighted by atomic mass is 9.89. The van der Waals surface area contributed by atoms with Gasteiger partial charge in [0, 0.05) is 11.6 Å². The lowest BCUT2D eigenvalue weighted by Gasteiger charge is -2.32. The Kier molecular flexibility index (Phi) is 7.05. The molecule has 1 fully saturated rings. The molecule has 1 N–H and O–H groups in total. The summed E-state index contributed by atoms with van der Waals surface area (Å²) in [5.41, 5.74) is 3.73. The minimum absolute atomic E-state index is 0.00720. The zero-order valence-corrected chi connectivity index (χ0v) is 16.7. The summed E-state index contributed by atoms with van der Waals surface area (Å²) in [5.74, 6) is 0.694. The van der Waals surface area contributed by atoms with Crippen LogP contribution in [-0.4, -0.2) is 30.4 Å². The van der Waals surface area contributed by atoms with E-state index in [2.05, 4.69) is 58.7 Å². The van der Waals surface area contributed by atoms with Crippen molar-refractivity contribution in [1.82, 2.24) is 4.90 Å². The third-order valence-corrected chi connectivity index (χ3v) is 5.52. The molecule has 2 aromatic carbocycles. The maximum absolute atomic E-state index is 11.9. The first-order valence-electron chi connectivity index (χ1n) is 10.3. The number of anilines is 1. The van der Waals surface area contributed by atoms with Gasteiger partial charge in [0.15, 0.2) is 0 Å². The largest absolute Gasteiger partial charge is 0.326 e. The van der Waals surface area contributed by atoms with Crippen molar-refractivity contribution < 1.29 is 4.79 Å². The molecular formula is C24H32N2O. The number of likely N-dealkylation sites (tertiary alicyclic amines) is 1. The molecule has 0 atom stereocenters. The number of amides is 1. The summed E-state index contributed by atoms with van der Waals surface area (Å²) in [6.07, 6.45) is 4.80. The molecular weight excluding hydrogens is 332 g/mol. The van der Waals surface area contributed by atoms with Crippen molar-refractivity contribution in [3.05, 3.63) is 65.7 Å². The van der Waals surface area contributed by atoms with Crippen molar-refractivity contribution in [2.24, 2.45) is 5.92 Å². The Balaban J connectivity index is 1.45. The summed E-state index contributed by atoms with van der Waals surface area (Å²) < 4.78 is 0. The van der Waals surface area contributed by atoms with Crippen LogP contribution in [0, 0.1) is 5.92 Å². The highest BCUT2D eigenvalue weighted by atomic mass is 16.1. The van der Waals surface area contributed by atoms with Gasteiger partial charge in [-0.25, -0.2) is 0 Å².